The van der Waals surface area contributed by atoms with Crippen LogP contribution in [0.2, 0.25) is 0 Å². The molecule has 1 aliphatic carbocycles. The van der Waals surface area contributed by atoms with Gasteiger partial charge in [-0.15, -0.1) is 0 Å². The fourth-order valence-electron chi connectivity index (χ4n) is 3.54. The Bertz CT molecular complexity index is 764. The molecule has 5 nitrogen and oxygen atoms in total. The number of esters is 1. The zero-order chi connectivity index (χ0) is 19.2. The molecule has 0 unspecified atom stereocenters. The Morgan fingerprint density at radius 3 is 2.78 bits per heavy atom. The number of allylic oxidation sites excluding steroid dienone is 1. The number of carbonyl (C=O) groups is 1. The summed E-state index contributed by atoms with van der Waals surface area (Å²) in [6.07, 6.45) is 5.90. The molecule has 0 aromatic heterocycles. The second-order valence-corrected chi connectivity index (χ2v) is 7.28. The largest absolute Gasteiger partial charge is 0.496 e. The van der Waals surface area contributed by atoms with Crippen molar-refractivity contribution in [2.75, 3.05) is 37.6 Å². The number of thioether (sulfide) groups is 1. The van der Waals surface area contributed by atoms with Crippen LogP contribution in [-0.4, -0.2) is 43.8 Å². The molecular weight excluding hydrogens is 367 g/mol. The number of alkyl halides is 1. The zero-order valence-corrected chi connectivity index (χ0v) is 16.6. The van der Waals surface area contributed by atoms with Crippen LogP contribution in [0, 0.1) is 0 Å². The van der Waals surface area contributed by atoms with Gasteiger partial charge in [0.1, 0.15) is 12.4 Å². The number of amidine groups is 1. The standard InChI is InChI=1S/C20H25FN2O3S/c1-3-26-19(24)13-27-20-22-11-10-14(12-21)23(20)17-8-9-18(25-2)16-7-5-4-6-15(16)17/h8-10H,3-7,11-13H2,1-2H3. The Morgan fingerprint density at radius 1 is 1.30 bits per heavy atom. The second kappa shape index (κ2) is 9.26. The molecule has 3 rings (SSSR count). The molecule has 0 N–H and O–H groups in total. The van der Waals surface area contributed by atoms with Gasteiger partial charge in [0.25, 0.3) is 0 Å². The minimum atomic E-state index is -0.584. The Morgan fingerprint density at radius 2 is 2.07 bits per heavy atom. The van der Waals surface area contributed by atoms with Gasteiger partial charge in [-0.25, -0.2) is 4.39 Å². The molecule has 1 aliphatic heterocycles. The lowest BCUT2D eigenvalue weighted by Gasteiger charge is -2.33. The SMILES string of the molecule is CCOC(=O)CSC1=NCC=C(CF)N1c1ccc(OC)c2c1CCCC2. The van der Waals surface area contributed by atoms with Gasteiger partial charge in [0.15, 0.2) is 5.17 Å². The first kappa shape index (κ1) is 19.7. The average Bonchev–Trinajstić information content (AvgIpc) is 2.71. The third-order valence-corrected chi connectivity index (χ3v) is 5.67. The molecule has 0 spiro atoms. The Labute approximate surface area is 163 Å². The van der Waals surface area contributed by atoms with Gasteiger partial charge in [0, 0.05) is 0 Å². The molecule has 0 saturated heterocycles. The third-order valence-electron chi connectivity index (χ3n) is 4.72. The number of benzene rings is 1. The van der Waals surface area contributed by atoms with E-state index in [1.807, 2.05) is 17.0 Å². The van der Waals surface area contributed by atoms with E-state index in [1.54, 1.807) is 20.1 Å². The number of nitrogens with zero attached hydrogens (tertiary/aromatic N) is 2. The van der Waals surface area contributed by atoms with E-state index in [-0.39, 0.29) is 11.7 Å². The van der Waals surface area contributed by atoms with E-state index >= 15 is 0 Å². The Balaban J connectivity index is 1.95. The van der Waals surface area contributed by atoms with Gasteiger partial charge in [0.05, 0.1) is 37.4 Å². The first-order valence-electron chi connectivity index (χ1n) is 9.26. The summed E-state index contributed by atoms with van der Waals surface area (Å²) in [6, 6.07) is 3.91. The van der Waals surface area contributed by atoms with Crippen molar-refractivity contribution in [2.24, 2.45) is 4.99 Å². The normalized spacial score (nSPS) is 16.3. The lowest BCUT2D eigenvalue weighted by atomic mass is 9.89. The highest BCUT2D eigenvalue weighted by Gasteiger charge is 2.27. The average molecular weight is 392 g/mol. The van der Waals surface area contributed by atoms with E-state index < -0.39 is 6.67 Å². The number of ether oxygens (including phenoxy) is 2. The number of hydrogen-bond acceptors (Lipinski definition) is 6. The highest BCUT2D eigenvalue weighted by molar-refractivity contribution is 8.14. The summed E-state index contributed by atoms with van der Waals surface area (Å²) in [5, 5.41) is 0.635. The van der Waals surface area contributed by atoms with Crippen molar-refractivity contribution in [3.8, 4) is 5.75 Å². The third kappa shape index (κ3) is 4.29. The van der Waals surface area contributed by atoms with E-state index in [0.29, 0.717) is 24.0 Å². The molecular formula is C20H25FN2O3S. The van der Waals surface area contributed by atoms with Crippen LogP contribution in [0.1, 0.15) is 30.9 Å². The van der Waals surface area contributed by atoms with E-state index in [9.17, 15) is 9.18 Å². The lowest BCUT2D eigenvalue weighted by Crippen LogP contribution is -2.34. The van der Waals surface area contributed by atoms with E-state index in [1.165, 1.54) is 22.9 Å². The zero-order valence-electron chi connectivity index (χ0n) is 15.8. The fourth-order valence-corrected chi connectivity index (χ4v) is 4.38. The second-order valence-electron chi connectivity index (χ2n) is 6.33. The number of anilines is 1. The van der Waals surface area contributed by atoms with Crippen LogP contribution in [0.15, 0.2) is 28.9 Å². The number of aliphatic imine (C=N–C) groups is 1. The van der Waals surface area contributed by atoms with Crippen LogP contribution in [0.4, 0.5) is 10.1 Å². The van der Waals surface area contributed by atoms with Crippen molar-refractivity contribution >= 4 is 28.6 Å². The van der Waals surface area contributed by atoms with Crippen molar-refractivity contribution in [3.63, 3.8) is 0 Å². The monoisotopic (exact) mass is 392 g/mol. The number of hydrogen-bond donors (Lipinski definition) is 0. The molecule has 1 aromatic carbocycles. The lowest BCUT2D eigenvalue weighted by molar-refractivity contribution is -0.139. The molecule has 1 aromatic rings. The van der Waals surface area contributed by atoms with Crippen molar-refractivity contribution in [3.05, 3.63) is 35.0 Å². The van der Waals surface area contributed by atoms with Gasteiger partial charge in [-0.1, -0.05) is 11.8 Å². The van der Waals surface area contributed by atoms with Crippen molar-refractivity contribution < 1.29 is 18.7 Å². The molecule has 0 radical (unpaired) electrons. The summed E-state index contributed by atoms with van der Waals surface area (Å²) in [4.78, 5) is 18.2. The number of halogens is 1. The van der Waals surface area contributed by atoms with E-state index in [0.717, 1.165) is 37.1 Å². The van der Waals surface area contributed by atoms with Gasteiger partial charge < -0.3 is 9.47 Å². The summed E-state index contributed by atoms with van der Waals surface area (Å²) >= 11 is 1.29. The maximum Gasteiger partial charge on any atom is 0.316 e. The van der Waals surface area contributed by atoms with Gasteiger partial charge in [-0.2, -0.15) is 0 Å². The van der Waals surface area contributed by atoms with E-state index in [4.69, 9.17) is 9.47 Å². The van der Waals surface area contributed by atoms with Crippen molar-refractivity contribution in [1.29, 1.82) is 0 Å². The molecule has 2 aliphatic rings. The summed E-state index contributed by atoms with van der Waals surface area (Å²) in [5.74, 6) is 0.744. The fraction of sp³-hybridized carbons (Fsp3) is 0.500. The van der Waals surface area contributed by atoms with Crippen molar-refractivity contribution in [2.45, 2.75) is 32.6 Å². The summed E-state index contributed by atoms with van der Waals surface area (Å²) < 4.78 is 24.3. The topological polar surface area (TPSA) is 51.1 Å². The van der Waals surface area contributed by atoms with Gasteiger partial charge in [-0.3, -0.25) is 14.7 Å². The molecule has 27 heavy (non-hydrogen) atoms. The minimum Gasteiger partial charge on any atom is -0.496 e. The van der Waals surface area contributed by atoms with Crippen LogP contribution < -0.4 is 9.64 Å². The van der Waals surface area contributed by atoms with Crippen LogP contribution >= 0.6 is 11.8 Å². The van der Waals surface area contributed by atoms with Gasteiger partial charge in [0.2, 0.25) is 0 Å². The molecule has 146 valence electrons. The Kier molecular flexibility index (Phi) is 6.77. The highest BCUT2D eigenvalue weighted by Crippen LogP contribution is 2.39. The Hall–Kier alpha value is -2.02. The molecule has 0 fully saturated rings. The number of carbonyl (C=O) groups excluding carboxylic acids is 1. The first-order valence-corrected chi connectivity index (χ1v) is 10.2. The van der Waals surface area contributed by atoms with Crippen LogP contribution in [0.5, 0.6) is 5.75 Å². The molecule has 0 saturated carbocycles. The number of rotatable bonds is 6. The van der Waals surface area contributed by atoms with Crippen LogP contribution in [-0.2, 0) is 22.4 Å². The maximum absolute atomic E-state index is 13.8. The van der Waals surface area contributed by atoms with Crippen LogP contribution in [0.3, 0.4) is 0 Å². The molecule has 0 amide bonds. The maximum atomic E-state index is 13.8. The first-order chi connectivity index (χ1) is 13.2. The summed E-state index contributed by atoms with van der Waals surface area (Å²) in [7, 11) is 1.68. The summed E-state index contributed by atoms with van der Waals surface area (Å²) in [6.45, 7) is 1.96. The minimum absolute atomic E-state index is 0.154. The quantitative estimate of drug-likeness (QED) is 0.687. The molecule has 0 bridgehead atoms. The van der Waals surface area contributed by atoms with E-state index in [2.05, 4.69) is 4.99 Å². The smallest absolute Gasteiger partial charge is 0.316 e. The predicted octanol–water partition coefficient (Wildman–Crippen LogP) is 3.90. The van der Waals surface area contributed by atoms with Crippen LogP contribution in [0.25, 0.3) is 0 Å². The molecule has 0 atom stereocenters. The van der Waals surface area contributed by atoms with Gasteiger partial charge in [-0.05, 0) is 61.9 Å². The highest BCUT2D eigenvalue weighted by atomic mass is 32.2. The predicted molar refractivity (Wildman–Crippen MR) is 108 cm³/mol. The van der Waals surface area contributed by atoms with Crippen molar-refractivity contribution in [1.82, 2.24) is 0 Å². The number of fused-ring (bicyclic) bond motifs is 1. The number of methoxy groups -OCH3 is 1. The summed E-state index contributed by atoms with van der Waals surface area (Å²) in [5.41, 5.74) is 3.88. The molecule has 7 heteroatoms. The van der Waals surface area contributed by atoms with Gasteiger partial charge >= 0.3 is 5.97 Å². The molecule has 1 heterocycles.